The molecule has 3 fully saturated rings. The maximum Gasteiger partial charge on any atom is 0.511 e. The number of hydrogen-bond acceptors (Lipinski definition) is 4. The van der Waals surface area contributed by atoms with Crippen LogP contribution in [0.2, 0.25) is 15.1 Å². The molecule has 2 heterocycles. The molecule has 6 nitrogen and oxygen atoms in total. The van der Waals surface area contributed by atoms with E-state index in [0.29, 0.717) is 19.4 Å². The van der Waals surface area contributed by atoms with Crippen LogP contribution in [-0.4, -0.2) is 55.4 Å². The van der Waals surface area contributed by atoms with Crippen LogP contribution in [0.4, 0.5) is 13.2 Å². The van der Waals surface area contributed by atoms with Gasteiger partial charge in [-0.1, -0.05) is 53.0 Å². The Morgan fingerprint density at radius 1 is 0.927 bits per heavy atom. The molecule has 0 spiro atoms. The zero-order valence-corrected chi connectivity index (χ0v) is 25.1. The van der Waals surface area contributed by atoms with E-state index >= 15 is 0 Å². The van der Waals surface area contributed by atoms with Crippen LogP contribution in [0.25, 0.3) is 0 Å². The summed E-state index contributed by atoms with van der Waals surface area (Å²) in [6.45, 7) is -0.434. The lowest BCUT2D eigenvalue weighted by atomic mass is 9.65. The first kappa shape index (κ1) is 30.9. The molecule has 224 valence electrons. The second-order valence-corrected chi connectivity index (χ2v) is 14.4. The second-order valence-electron chi connectivity index (χ2n) is 11.2. The average molecular weight is 653 g/mol. The molecule has 5 unspecified atom stereocenters. The van der Waals surface area contributed by atoms with Crippen LogP contribution < -0.4 is 10.6 Å². The normalized spacial score (nSPS) is 27.2. The van der Waals surface area contributed by atoms with Crippen molar-refractivity contribution in [3.8, 4) is 0 Å². The molecule has 5 rings (SSSR count). The van der Waals surface area contributed by atoms with E-state index < -0.39 is 15.5 Å². The number of halogens is 6. The number of fused-ring (bicyclic) bond motifs is 1. The van der Waals surface area contributed by atoms with Crippen molar-refractivity contribution in [3.05, 3.63) is 68.7 Å². The molecule has 0 aromatic heterocycles. The summed E-state index contributed by atoms with van der Waals surface area (Å²) >= 11 is 18.8. The lowest BCUT2D eigenvalue weighted by Crippen LogP contribution is -2.60. The van der Waals surface area contributed by atoms with Crippen molar-refractivity contribution in [3.63, 3.8) is 0 Å². The van der Waals surface area contributed by atoms with E-state index in [9.17, 15) is 26.4 Å². The number of amides is 1. The molecule has 2 saturated heterocycles. The van der Waals surface area contributed by atoms with Gasteiger partial charge in [-0.2, -0.15) is 17.5 Å². The summed E-state index contributed by atoms with van der Waals surface area (Å²) in [4.78, 5) is 12.6. The maximum absolute atomic E-state index is 13.0. The van der Waals surface area contributed by atoms with Crippen LogP contribution in [0, 0.1) is 11.8 Å². The van der Waals surface area contributed by atoms with E-state index in [2.05, 4.69) is 10.6 Å². The Kier molecular flexibility index (Phi) is 9.19. The predicted octanol–water partition coefficient (Wildman–Crippen LogP) is 6.36. The number of carbonyl (C=O) groups excluding carboxylic acids is 1. The third-order valence-electron chi connectivity index (χ3n) is 8.75. The van der Waals surface area contributed by atoms with Gasteiger partial charge in [0.25, 0.3) is 0 Å². The second kappa shape index (κ2) is 12.2. The number of benzene rings is 2. The maximum atomic E-state index is 13.0. The summed E-state index contributed by atoms with van der Waals surface area (Å²) in [6, 6.07) is 13.1. The van der Waals surface area contributed by atoms with Crippen molar-refractivity contribution in [2.45, 2.75) is 68.1 Å². The number of nitrogens with zero attached hydrogens (tertiary/aromatic N) is 1. The van der Waals surface area contributed by atoms with Gasteiger partial charge in [-0.05, 0) is 79.3 Å². The minimum absolute atomic E-state index is 0.0112. The molecule has 3 aliphatic rings. The molecular formula is C28H31Cl3F3N3O3S. The smallest absolute Gasteiger partial charge is 0.353 e. The van der Waals surface area contributed by atoms with Gasteiger partial charge in [0.15, 0.2) is 0 Å². The first-order valence-corrected chi connectivity index (χ1v) is 16.2. The van der Waals surface area contributed by atoms with Gasteiger partial charge in [0.1, 0.15) is 0 Å². The molecule has 0 radical (unpaired) electrons. The Balaban J connectivity index is 1.34. The molecule has 2 aromatic carbocycles. The molecule has 13 heteroatoms. The third kappa shape index (κ3) is 6.68. The quantitative estimate of drug-likeness (QED) is 0.381. The number of rotatable bonds is 6. The highest BCUT2D eigenvalue weighted by Crippen LogP contribution is 2.46. The molecular weight excluding hydrogens is 622 g/mol. The van der Waals surface area contributed by atoms with Gasteiger partial charge < -0.3 is 10.6 Å². The van der Waals surface area contributed by atoms with Gasteiger partial charge in [-0.15, -0.1) is 0 Å². The summed E-state index contributed by atoms with van der Waals surface area (Å²) in [5.74, 6) is 0.267. The van der Waals surface area contributed by atoms with Crippen molar-refractivity contribution in [2.24, 2.45) is 11.8 Å². The van der Waals surface area contributed by atoms with Gasteiger partial charge in [0.2, 0.25) is 5.91 Å². The van der Waals surface area contributed by atoms with E-state index in [0.717, 1.165) is 30.4 Å². The zero-order valence-electron chi connectivity index (χ0n) is 22.0. The number of sulfonamides is 1. The van der Waals surface area contributed by atoms with E-state index in [1.54, 1.807) is 6.07 Å². The molecule has 2 aromatic rings. The highest BCUT2D eigenvalue weighted by atomic mass is 35.5. The van der Waals surface area contributed by atoms with Gasteiger partial charge in [0.05, 0.1) is 10.0 Å². The average Bonchev–Trinajstić information content (AvgIpc) is 2.92. The molecule has 5 atom stereocenters. The Hall–Kier alpha value is -1.56. The van der Waals surface area contributed by atoms with E-state index in [1.165, 1.54) is 0 Å². The van der Waals surface area contributed by atoms with Crippen molar-refractivity contribution in [1.82, 2.24) is 14.9 Å². The van der Waals surface area contributed by atoms with Crippen LogP contribution in [0.15, 0.2) is 42.5 Å². The van der Waals surface area contributed by atoms with Crippen LogP contribution in [0.1, 0.15) is 55.6 Å². The van der Waals surface area contributed by atoms with E-state index in [1.807, 2.05) is 36.4 Å². The molecule has 2 aliphatic heterocycles. The van der Waals surface area contributed by atoms with E-state index in [4.69, 9.17) is 34.8 Å². The molecule has 1 aliphatic carbocycles. The Morgan fingerprint density at radius 2 is 1.59 bits per heavy atom. The lowest BCUT2D eigenvalue weighted by molar-refractivity contribution is -0.126. The van der Waals surface area contributed by atoms with Gasteiger partial charge in [0, 0.05) is 48.6 Å². The fraction of sp³-hybridized carbons (Fsp3) is 0.536. The minimum atomic E-state index is -5.35. The number of alkyl halides is 3. The van der Waals surface area contributed by atoms with Crippen molar-refractivity contribution in [1.29, 1.82) is 0 Å². The Morgan fingerprint density at radius 3 is 2.22 bits per heavy atom. The molecule has 0 bridgehead atoms. The van der Waals surface area contributed by atoms with Gasteiger partial charge in [-0.25, -0.2) is 8.42 Å². The molecule has 1 saturated carbocycles. The summed E-state index contributed by atoms with van der Waals surface area (Å²) in [5, 5.41) is 8.27. The van der Waals surface area contributed by atoms with Crippen molar-refractivity contribution >= 4 is 50.7 Å². The van der Waals surface area contributed by atoms with Gasteiger partial charge in [-0.3, -0.25) is 4.79 Å². The van der Waals surface area contributed by atoms with Crippen molar-refractivity contribution in [2.75, 3.05) is 13.1 Å². The Labute approximate surface area is 252 Å². The molecule has 1 amide bonds. The summed E-state index contributed by atoms with van der Waals surface area (Å²) < 4.78 is 63.2. The Bertz CT molecular complexity index is 1370. The molecule has 2 N–H and O–H groups in total. The van der Waals surface area contributed by atoms with E-state index in [-0.39, 0.29) is 74.1 Å². The lowest BCUT2D eigenvalue weighted by Gasteiger charge is -2.47. The van der Waals surface area contributed by atoms with Gasteiger partial charge >= 0.3 is 15.5 Å². The minimum Gasteiger partial charge on any atom is -0.353 e. The fourth-order valence-corrected chi connectivity index (χ4v) is 8.21. The summed E-state index contributed by atoms with van der Waals surface area (Å²) in [5.41, 5.74) is -3.18. The zero-order chi connectivity index (χ0) is 29.5. The van der Waals surface area contributed by atoms with Crippen molar-refractivity contribution < 1.29 is 26.4 Å². The highest BCUT2D eigenvalue weighted by Gasteiger charge is 2.51. The third-order valence-corrected chi connectivity index (χ3v) is 11.4. The fourth-order valence-electron chi connectivity index (χ4n) is 6.79. The standard InChI is InChI=1S/C28H31Cl3F3N3O3S/c29-19-5-1-16(2-6-19)27(18-3-7-22(30)23(31)14-18)17-4-8-24-21(13-17)25(15-26(38)36-24)35-20-9-11-37(12-10-20)41(39,40)28(32,33)34/h1-3,5-7,14,17,20-21,24-25,27,35H,4,8-13,15H2,(H,36,38). The van der Waals surface area contributed by atoms with Crippen LogP contribution in [0.5, 0.6) is 0 Å². The first-order chi connectivity index (χ1) is 19.3. The van der Waals surface area contributed by atoms with Crippen LogP contribution >= 0.6 is 34.8 Å². The summed E-state index contributed by atoms with van der Waals surface area (Å²) in [6.07, 6.45) is 3.20. The number of nitrogens with one attached hydrogen (secondary N) is 2. The summed E-state index contributed by atoms with van der Waals surface area (Å²) in [7, 11) is -5.35. The molecule has 41 heavy (non-hydrogen) atoms. The SMILES string of the molecule is O=C1CC(NC2CCN(S(=O)(=O)C(F)(F)F)CC2)C2CC(C(c3ccc(Cl)cc3)c3ccc(Cl)c(Cl)c3)CCC2N1. The topological polar surface area (TPSA) is 78.5 Å². The first-order valence-electron chi connectivity index (χ1n) is 13.7. The predicted molar refractivity (Wildman–Crippen MR) is 154 cm³/mol. The largest absolute Gasteiger partial charge is 0.511 e. The number of carbonyl (C=O) groups is 1. The van der Waals surface area contributed by atoms with Crippen LogP contribution in [0.3, 0.4) is 0 Å². The number of hydrogen-bond donors (Lipinski definition) is 2. The number of piperidine rings is 2. The van der Waals surface area contributed by atoms with Crippen LogP contribution in [-0.2, 0) is 14.8 Å². The highest BCUT2D eigenvalue weighted by molar-refractivity contribution is 7.90. The monoisotopic (exact) mass is 651 g/mol.